The molecule has 0 aliphatic heterocycles. The van der Waals surface area contributed by atoms with Crippen LogP contribution in [-0.2, 0) is 0 Å². The summed E-state index contributed by atoms with van der Waals surface area (Å²) in [5.74, 6) is 0.976. The molecule has 1 rings (SSSR count). The molecule has 1 aromatic rings. The van der Waals surface area contributed by atoms with E-state index >= 15 is 0 Å². The van der Waals surface area contributed by atoms with Crippen molar-refractivity contribution in [2.75, 3.05) is 19.0 Å². The van der Waals surface area contributed by atoms with Crippen molar-refractivity contribution in [2.45, 2.75) is 27.7 Å². The van der Waals surface area contributed by atoms with Crippen LogP contribution in [0.4, 0.5) is 5.69 Å². The van der Waals surface area contributed by atoms with Crippen molar-refractivity contribution in [2.24, 2.45) is 0 Å². The van der Waals surface area contributed by atoms with Gasteiger partial charge in [0.25, 0.3) is 0 Å². The molecule has 0 spiro atoms. The fourth-order valence-corrected chi connectivity index (χ4v) is 1.70. The van der Waals surface area contributed by atoms with Gasteiger partial charge in [0.1, 0.15) is 5.75 Å². The van der Waals surface area contributed by atoms with E-state index in [0.717, 1.165) is 18.0 Å². The maximum Gasteiger partial charge on any atom is 0.145 e. The lowest BCUT2D eigenvalue weighted by Crippen LogP contribution is -2.04. The third-order valence-electron chi connectivity index (χ3n) is 2.54. The predicted octanol–water partition coefficient (Wildman–Crippen LogP) is 3.05. The molecule has 0 amide bonds. The van der Waals surface area contributed by atoms with Gasteiger partial charge in [-0.15, -0.1) is 0 Å². The summed E-state index contributed by atoms with van der Waals surface area (Å²) < 4.78 is 5.43. The Kier molecular flexibility index (Phi) is 3.39. The highest BCUT2D eigenvalue weighted by Gasteiger charge is 2.10. The number of methoxy groups -OCH3 is 1. The summed E-state index contributed by atoms with van der Waals surface area (Å²) in [6, 6.07) is 2.19. The molecular weight excluding hydrogens is 174 g/mol. The van der Waals surface area contributed by atoms with Gasteiger partial charge in [0.2, 0.25) is 0 Å². The highest BCUT2D eigenvalue weighted by molar-refractivity contribution is 5.66. The number of nitrogens with one attached hydrogen (secondary N) is 1. The van der Waals surface area contributed by atoms with E-state index in [0.29, 0.717) is 0 Å². The molecule has 0 heterocycles. The first-order chi connectivity index (χ1) is 6.61. The van der Waals surface area contributed by atoms with Crippen molar-refractivity contribution in [3.63, 3.8) is 0 Å². The lowest BCUT2D eigenvalue weighted by atomic mass is 10.0. The molecule has 0 saturated carbocycles. The third kappa shape index (κ3) is 1.84. The monoisotopic (exact) mass is 193 g/mol. The largest absolute Gasteiger partial charge is 0.494 e. The SMILES string of the molecule is CCNc1c(C)cc(C)c(C)c1OC. The molecule has 0 radical (unpaired) electrons. The van der Waals surface area contributed by atoms with Crippen molar-refractivity contribution in [1.82, 2.24) is 0 Å². The zero-order chi connectivity index (χ0) is 10.7. The predicted molar refractivity (Wildman–Crippen MR) is 61.4 cm³/mol. The molecule has 1 N–H and O–H groups in total. The molecule has 0 aromatic heterocycles. The van der Waals surface area contributed by atoms with Gasteiger partial charge in [-0.25, -0.2) is 0 Å². The Morgan fingerprint density at radius 2 is 1.86 bits per heavy atom. The Balaban J connectivity index is 3.31. The fourth-order valence-electron chi connectivity index (χ4n) is 1.70. The number of anilines is 1. The lowest BCUT2D eigenvalue weighted by Gasteiger charge is -2.17. The quantitative estimate of drug-likeness (QED) is 0.796. The van der Waals surface area contributed by atoms with E-state index in [-0.39, 0.29) is 0 Å². The van der Waals surface area contributed by atoms with Gasteiger partial charge in [-0.3, -0.25) is 0 Å². The summed E-state index contributed by atoms with van der Waals surface area (Å²) in [6.07, 6.45) is 0. The summed E-state index contributed by atoms with van der Waals surface area (Å²) >= 11 is 0. The van der Waals surface area contributed by atoms with Crippen LogP contribution in [0.15, 0.2) is 6.07 Å². The molecule has 0 unspecified atom stereocenters. The van der Waals surface area contributed by atoms with Gasteiger partial charge in [0.05, 0.1) is 12.8 Å². The summed E-state index contributed by atoms with van der Waals surface area (Å²) in [5, 5.41) is 3.34. The van der Waals surface area contributed by atoms with Crippen LogP contribution in [0.5, 0.6) is 5.75 Å². The van der Waals surface area contributed by atoms with Crippen LogP contribution in [0.3, 0.4) is 0 Å². The molecule has 0 saturated heterocycles. The minimum absolute atomic E-state index is 0.916. The lowest BCUT2D eigenvalue weighted by molar-refractivity contribution is 0.412. The van der Waals surface area contributed by atoms with E-state index in [1.165, 1.54) is 16.7 Å². The van der Waals surface area contributed by atoms with Crippen LogP contribution in [0.25, 0.3) is 0 Å². The Labute approximate surface area is 86.3 Å². The summed E-state index contributed by atoms with van der Waals surface area (Å²) in [4.78, 5) is 0. The van der Waals surface area contributed by atoms with E-state index < -0.39 is 0 Å². The van der Waals surface area contributed by atoms with E-state index in [4.69, 9.17) is 4.74 Å². The van der Waals surface area contributed by atoms with Crippen LogP contribution in [0.2, 0.25) is 0 Å². The molecule has 2 heteroatoms. The van der Waals surface area contributed by atoms with Gasteiger partial charge >= 0.3 is 0 Å². The maximum atomic E-state index is 5.43. The van der Waals surface area contributed by atoms with Crippen molar-refractivity contribution in [1.29, 1.82) is 0 Å². The highest BCUT2D eigenvalue weighted by Crippen LogP contribution is 2.33. The Morgan fingerprint density at radius 3 is 2.36 bits per heavy atom. The van der Waals surface area contributed by atoms with Crippen molar-refractivity contribution in [3.05, 3.63) is 22.8 Å². The first kappa shape index (κ1) is 10.9. The van der Waals surface area contributed by atoms with Gasteiger partial charge in [-0.1, -0.05) is 6.07 Å². The number of rotatable bonds is 3. The molecule has 2 nitrogen and oxygen atoms in total. The Morgan fingerprint density at radius 1 is 1.21 bits per heavy atom. The molecule has 0 fully saturated rings. The van der Waals surface area contributed by atoms with Crippen LogP contribution >= 0.6 is 0 Å². The van der Waals surface area contributed by atoms with E-state index in [1.54, 1.807) is 7.11 Å². The smallest absolute Gasteiger partial charge is 0.145 e. The second-order valence-electron chi connectivity index (χ2n) is 3.57. The summed E-state index contributed by atoms with van der Waals surface area (Å²) in [5.41, 5.74) is 4.86. The van der Waals surface area contributed by atoms with Gasteiger partial charge in [0.15, 0.2) is 0 Å². The molecule has 0 bridgehead atoms. The molecule has 1 aromatic carbocycles. The van der Waals surface area contributed by atoms with Gasteiger partial charge in [0, 0.05) is 6.54 Å². The number of hydrogen-bond acceptors (Lipinski definition) is 2. The number of hydrogen-bond donors (Lipinski definition) is 1. The molecule has 0 aliphatic carbocycles. The molecule has 0 atom stereocenters. The van der Waals surface area contributed by atoms with Gasteiger partial charge in [-0.05, 0) is 44.4 Å². The average molecular weight is 193 g/mol. The van der Waals surface area contributed by atoms with E-state index in [1.807, 2.05) is 0 Å². The number of ether oxygens (including phenoxy) is 1. The van der Waals surface area contributed by atoms with Crippen molar-refractivity contribution in [3.8, 4) is 5.75 Å². The van der Waals surface area contributed by atoms with Gasteiger partial charge < -0.3 is 10.1 Å². The van der Waals surface area contributed by atoms with E-state index in [2.05, 4.69) is 39.1 Å². The summed E-state index contributed by atoms with van der Waals surface area (Å²) in [6.45, 7) is 9.32. The number of benzene rings is 1. The fraction of sp³-hybridized carbons (Fsp3) is 0.500. The minimum Gasteiger partial charge on any atom is -0.494 e. The molecule has 78 valence electrons. The van der Waals surface area contributed by atoms with Crippen LogP contribution < -0.4 is 10.1 Å². The Bertz CT molecular complexity index is 332. The minimum atomic E-state index is 0.916. The van der Waals surface area contributed by atoms with Crippen LogP contribution in [0.1, 0.15) is 23.6 Å². The first-order valence-corrected chi connectivity index (χ1v) is 5.00. The topological polar surface area (TPSA) is 21.3 Å². The zero-order valence-corrected chi connectivity index (χ0v) is 9.69. The van der Waals surface area contributed by atoms with Crippen molar-refractivity contribution < 1.29 is 4.74 Å². The number of aryl methyl sites for hydroxylation is 2. The standard InChI is InChI=1S/C12H19NO/c1-6-13-11-9(3)7-8(2)10(4)12(11)14-5/h7,13H,6H2,1-5H3. The van der Waals surface area contributed by atoms with Crippen LogP contribution in [-0.4, -0.2) is 13.7 Å². The first-order valence-electron chi connectivity index (χ1n) is 5.00. The molecular formula is C12H19NO. The second kappa shape index (κ2) is 4.36. The molecule has 0 aliphatic rings. The maximum absolute atomic E-state index is 5.43. The second-order valence-corrected chi connectivity index (χ2v) is 3.57. The third-order valence-corrected chi connectivity index (χ3v) is 2.54. The highest BCUT2D eigenvalue weighted by atomic mass is 16.5. The zero-order valence-electron chi connectivity index (χ0n) is 9.69. The normalized spacial score (nSPS) is 10.1. The average Bonchev–Trinajstić information content (AvgIpc) is 2.15. The molecule has 14 heavy (non-hydrogen) atoms. The van der Waals surface area contributed by atoms with Gasteiger partial charge in [-0.2, -0.15) is 0 Å². The summed E-state index contributed by atoms with van der Waals surface area (Å²) in [7, 11) is 1.72. The Hall–Kier alpha value is -1.18. The van der Waals surface area contributed by atoms with Crippen molar-refractivity contribution >= 4 is 5.69 Å². The van der Waals surface area contributed by atoms with E-state index in [9.17, 15) is 0 Å². The van der Waals surface area contributed by atoms with Crippen LogP contribution in [0, 0.1) is 20.8 Å².